The van der Waals surface area contributed by atoms with E-state index in [1.807, 2.05) is 11.8 Å². The molecule has 0 aliphatic heterocycles. The fraction of sp³-hybridized carbons (Fsp3) is 1.00. The van der Waals surface area contributed by atoms with Crippen LogP contribution < -0.4 is 5.32 Å². The summed E-state index contributed by atoms with van der Waals surface area (Å²) in [7, 11) is 0. The van der Waals surface area contributed by atoms with Crippen LogP contribution in [0.25, 0.3) is 0 Å². The van der Waals surface area contributed by atoms with Crippen molar-refractivity contribution in [2.75, 3.05) is 24.7 Å². The molecule has 0 saturated heterocycles. The van der Waals surface area contributed by atoms with Gasteiger partial charge in [-0.05, 0) is 12.7 Å². The number of hydrogen-bond donors (Lipinski definition) is 3. The summed E-state index contributed by atoms with van der Waals surface area (Å²) in [5, 5.41) is 20.7. The van der Waals surface area contributed by atoms with Crippen molar-refractivity contribution < 1.29 is 10.2 Å². The van der Waals surface area contributed by atoms with Crippen LogP contribution >= 0.6 is 11.8 Å². The second-order valence-electron chi connectivity index (χ2n) is 2.81. The lowest BCUT2D eigenvalue weighted by Crippen LogP contribution is -2.36. The lowest BCUT2D eigenvalue weighted by molar-refractivity contribution is 0.0930. The monoisotopic (exact) mass is 193 g/mol. The first kappa shape index (κ1) is 12.2. The van der Waals surface area contributed by atoms with Crippen LogP contribution in [0.4, 0.5) is 0 Å². The Hall–Kier alpha value is 0.230. The Morgan fingerprint density at radius 3 is 2.67 bits per heavy atom. The smallest absolute Gasteiger partial charge is 0.0895 e. The maximum Gasteiger partial charge on any atom is 0.0895 e. The Morgan fingerprint density at radius 1 is 1.50 bits per heavy atom. The summed E-state index contributed by atoms with van der Waals surface area (Å²) in [6, 6.07) is 0.399. The fourth-order valence-electron chi connectivity index (χ4n) is 0.755. The van der Waals surface area contributed by atoms with Gasteiger partial charge in [0.25, 0.3) is 0 Å². The molecule has 0 rings (SSSR count). The minimum atomic E-state index is -0.626. The molecule has 3 nitrogen and oxygen atoms in total. The van der Waals surface area contributed by atoms with Gasteiger partial charge in [0, 0.05) is 18.3 Å². The van der Waals surface area contributed by atoms with E-state index in [9.17, 15) is 0 Å². The molecule has 0 heterocycles. The summed E-state index contributed by atoms with van der Waals surface area (Å²) in [5.74, 6) is 2.17. The van der Waals surface area contributed by atoms with E-state index in [-0.39, 0.29) is 6.61 Å². The number of thioether (sulfide) groups is 1. The van der Waals surface area contributed by atoms with E-state index < -0.39 is 6.10 Å². The zero-order chi connectivity index (χ0) is 9.40. The molecule has 74 valence electrons. The highest BCUT2D eigenvalue weighted by Gasteiger charge is 2.04. The molecule has 12 heavy (non-hydrogen) atoms. The van der Waals surface area contributed by atoms with E-state index in [4.69, 9.17) is 10.2 Å². The van der Waals surface area contributed by atoms with E-state index in [1.165, 1.54) is 0 Å². The van der Waals surface area contributed by atoms with Crippen LogP contribution in [0.1, 0.15) is 13.8 Å². The highest BCUT2D eigenvalue weighted by molar-refractivity contribution is 7.99. The van der Waals surface area contributed by atoms with Gasteiger partial charge in [0.1, 0.15) is 0 Å². The van der Waals surface area contributed by atoms with Gasteiger partial charge in [-0.2, -0.15) is 11.8 Å². The van der Waals surface area contributed by atoms with Crippen molar-refractivity contribution in [2.24, 2.45) is 0 Å². The largest absolute Gasteiger partial charge is 0.394 e. The van der Waals surface area contributed by atoms with Crippen LogP contribution in [-0.2, 0) is 0 Å². The lowest BCUT2D eigenvalue weighted by Gasteiger charge is -2.14. The Labute approximate surface area is 78.6 Å². The first-order valence-corrected chi connectivity index (χ1v) is 5.46. The van der Waals surface area contributed by atoms with Crippen LogP contribution in [0.3, 0.4) is 0 Å². The lowest BCUT2D eigenvalue weighted by atomic mass is 10.3. The Balaban J connectivity index is 3.24. The van der Waals surface area contributed by atoms with Gasteiger partial charge in [-0.15, -0.1) is 0 Å². The number of nitrogens with one attached hydrogen (secondary N) is 1. The summed E-state index contributed by atoms with van der Waals surface area (Å²) in [5.41, 5.74) is 0. The minimum Gasteiger partial charge on any atom is -0.394 e. The van der Waals surface area contributed by atoms with Gasteiger partial charge in [0.15, 0.2) is 0 Å². The van der Waals surface area contributed by atoms with Crippen molar-refractivity contribution in [3.63, 3.8) is 0 Å². The SMILES string of the molecule is CCSCC(C)NCC(O)CO. The summed E-state index contributed by atoms with van der Waals surface area (Å²) in [6.45, 7) is 4.51. The molecule has 0 aromatic rings. The molecular weight excluding hydrogens is 174 g/mol. The fourth-order valence-corrected chi connectivity index (χ4v) is 1.46. The maximum absolute atomic E-state index is 9.01. The number of aliphatic hydroxyl groups is 2. The maximum atomic E-state index is 9.01. The van der Waals surface area contributed by atoms with Crippen molar-refractivity contribution in [1.82, 2.24) is 5.32 Å². The summed E-state index contributed by atoms with van der Waals surface area (Å²) in [6.07, 6.45) is -0.626. The van der Waals surface area contributed by atoms with Crippen molar-refractivity contribution in [3.8, 4) is 0 Å². The van der Waals surface area contributed by atoms with Gasteiger partial charge in [-0.3, -0.25) is 0 Å². The predicted molar refractivity (Wildman–Crippen MR) is 53.6 cm³/mol. The molecule has 2 unspecified atom stereocenters. The first-order chi connectivity index (χ1) is 5.70. The van der Waals surface area contributed by atoms with Gasteiger partial charge < -0.3 is 15.5 Å². The van der Waals surface area contributed by atoms with Crippen LogP contribution in [0.5, 0.6) is 0 Å². The minimum absolute atomic E-state index is 0.166. The van der Waals surface area contributed by atoms with Crippen molar-refractivity contribution in [1.29, 1.82) is 0 Å². The molecule has 0 bridgehead atoms. The van der Waals surface area contributed by atoms with Gasteiger partial charge in [-0.1, -0.05) is 6.92 Å². The van der Waals surface area contributed by atoms with Crippen molar-refractivity contribution >= 4 is 11.8 Å². The van der Waals surface area contributed by atoms with Gasteiger partial charge in [0.2, 0.25) is 0 Å². The third-order valence-corrected chi connectivity index (χ3v) is 2.63. The highest BCUT2D eigenvalue weighted by Crippen LogP contribution is 2.00. The van der Waals surface area contributed by atoms with E-state index in [2.05, 4.69) is 19.2 Å². The molecule has 0 fully saturated rings. The molecule has 0 spiro atoms. The highest BCUT2D eigenvalue weighted by atomic mass is 32.2. The van der Waals surface area contributed by atoms with Crippen LogP contribution in [-0.4, -0.2) is 47.0 Å². The Bertz CT molecular complexity index is 103. The first-order valence-electron chi connectivity index (χ1n) is 4.30. The quantitative estimate of drug-likeness (QED) is 0.535. The summed E-state index contributed by atoms with van der Waals surface area (Å²) >= 11 is 1.87. The Kier molecular flexibility index (Phi) is 8.01. The van der Waals surface area contributed by atoms with Crippen LogP contribution in [0.15, 0.2) is 0 Å². The molecule has 0 aromatic heterocycles. The van der Waals surface area contributed by atoms with Crippen LogP contribution in [0, 0.1) is 0 Å². The molecule has 0 saturated carbocycles. The number of hydrogen-bond acceptors (Lipinski definition) is 4. The third-order valence-electron chi connectivity index (χ3n) is 1.48. The molecule has 0 aliphatic rings. The van der Waals surface area contributed by atoms with Gasteiger partial charge >= 0.3 is 0 Å². The van der Waals surface area contributed by atoms with Crippen LogP contribution in [0.2, 0.25) is 0 Å². The molecular formula is C8H19NO2S. The third kappa shape index (κ3) is 6.91. The molecule has 3 N–H and O–H groups in total. The van der Waals surface area contributed by atoms with E-state index in [1.54, 1.807) is 0 Å². The number of aliphatic hydroxyl groups excluding tert-OH is 2. The second-order valence-corrected chi connectivity index (χ2v) is 4.12. The zero-order valence-corrected chi connectivity index (χ0v) is 8.60. The van der Waals surface area contributed by atoms with E-state index >= 15 is 0 Å². The molecule has 4 heteroatoms. The molecule has 0 aromatic carbocycles. The second kappa shape index (κ2) is 7.86. The molecule has 2 atom stereocenters. The average Bonchev–Trinajstić information content (AvgIpc) is 2.10. The molecule has 0 amide bonds. The van der Waals surface area contributed by atoms with E-state index in [0.29, 0.717) is 12.6 Å². The van der Waals surface area contributed by atoms with Gasteiger partial charge in [0.05, 0.1) is 12.7 Å². The number of rotatable bonds is 7. The summed E-state index contributed by atoms with van der Waals surface area (Å²) in [4.78, 5) is 0. The van der Waals surface area contributed by atoms with Crippen molar-refractivity contribution in [2.45, 2.75) is 26.0 Å². The molecule has 0 radical (unpaired) electrons. The molecule has 0 aliphatic carbocycles. The Morgan fingerprint density at radius 2 is 2.17 bits per heavy atom. The summed E-state index contributed by atoms with van der Waals surface area (Å²) < 4.78 is 0. The van der Waals surface area contributed by atoms with Crippen molar-refractivity contribution in [3.05, 3.63) is 0 Å². The average molecular weight is 193 g/mol. The topological polar surface area (TPSA) is 52.5 Å². The predicted octanol–water partition coefficient (Wildman–Crippen LogP) is 0.0708. The van der Waals surface area contributed by atoms with Gasteiger partial charge in [-0.25, -0.2) is 0 Å². The standard InChI is InChI=1S/C8H19NO2S/c1-3-12-6-7(2)9-4-8(11)5-10/h7-11H,3-6H2,1-2H3. The normalized spacial score (nSPS) is 16.0. The zero-order valence-electron chi connectivity index (χ0n) is 7.79. The van der Waals surface area contributed by atoms with E-state index in [0.717, 1.165) is 11.5 Å².